The first-order chi connectivity index (χ1) is 12.5. The molecule has 138 valence electrons. The van der Waals surface area contributed by atoms with Gasteiger partial charge in [-0.15, -0.1) is 0 Å². The van der Waals surface area contributed by atoms with Crippen molar-refractivity contribution in [1.82, 2.24) is 9.55 Å². The van der Waals surface area contributed by atoms with Crippen LogP contribution in [0, 0.1) is 0 Å². The zero-order valence-corrected chi connectivity index (χ0v) is 15.9. The Morgan fingerprint density at radius 2 is 1.73 bits per heavy atom. The van der Waals surface area contributed by atoms with Gasteiger partial charge in [-0.25, -0.2) is 4.98 Å². The second-order valence-electron chi connectivity index (χ2n) is 7.66. The number of fused-ring (bicyclic) bond motifs is 1. The van der Waals surface area contributed by atoms with Crippen LogP contribution in [0.4, 0.5) is 0 Å². The standard InChI is InChI=1S/C22H28N2O2/c1-22(2,3)17-10-12-18(13-11-17)26-15-7-6-14-24-20-9-5-4-8-19(20)23-21(24)16-25/h4-5,8-13,25H,6-7,14-16H2,1-3H3. The Morgan fingerprint density at radius 1 is 1.00 bits per heavy atom. The summed E-state index contributed by atoms with van der Waals surface area (Å²) in [5, 5.41) is 9.54. The molecule has 0 aliphatic rings. The average Bonchev–Trinajstić information content (AvgIpc) is 2.99. The summed E-state index contributed by atoms with van der Waals surface area (Å²) >= 11 is 0. The van der Waals surface area contributed by atoms with Gasteiger partial charge in [0.25, 0.3) is 0 Å². The van der Waals surface area contributed by atoms with E-state index in [1.54, 1.807) is 0 Å². The van der Waals surface area contributed by atoms with Crippen molar-refractivity contribution in [3.63, 3.8) is 0 Å². The number of aliphatic hydroxyl groups excluding tert-OH is 1. The minimum absolute atomic E-state index is 0.0364. The zero-order valence-electron chi connectivity index (χ0n) is 15.9. The molecule has 0 radical (unpaired) electrons. The topological polar surface area (TPSA) is 47.3 Å². The number of para-hydroxylation sites is 2. The number of nitrogens with zero attached hydrogens (tertiary/aromatic N) is 2. The molecule has 2 aromatic carbocycles. The van der Waals surface area contributed by atoms with Gasteiger partial charge in [0.2, 0.25) is 0 Å². The molecule has 0 unspecified atom stereocenters. The SMILES string of the molecule is CC(C)(C)c1ccc(OCCCCn2c(CO)nc3ccccc32)cc1. The predicted octanol–water partition coefficient (Wildman–Crippen LogP) is 4.69. The van der Waals surface area contributed by atoms with Crippen molar-refractivity contribution in [1.29, 1.82) is 0 Å². The van der Waals surface area contributed by atoms with Gasteiger partial charge in [0.15, 0.2) is 0 Å². The van der Waals surface area contributed by atoms with Gasteiger partial charge in [0.05, 0.1) is 17.6 Å². The van der Waals surface area contributed by atoms with E-state index in [4.69, 9.17) is 4.74 Å². The molecule has 0 aliphatic heterocycles. The molecule has 0 bridgehead atoms. The molecule has 0 spiro atoms. The first-order valence-electron chi connectivity index (χ1n) is 9.27. The normalized spacial score (nSPS) is 11.8. The van der Waals surface area contributed by atoms with Crippen molar-refractivity contribution in [3.05, 3.63) is 59.9 Å². The van der Waals surface area contributed by atoms with Gasteiger partial charge in [0.1, 0.15) is 18.2 Å². The molecule has 4 heteroatoms. The Hall–Kier alpha value is -2.33. The summed E-state index contributed by atoms with van der Waals surface area (Å²) in [4.78, 5) is 4.49. The second-order valence-corrected chi connectivity index (χ2v) is 7.66. The van der Waals surface area contributed by atoms with E-state index in [2.05, 4.69) is 48.5 Å². The summed E-state index contributed by atoms with van der Waals surface area (Å²) in [5.41, 5.74) is 3.49. The van der Waals surface area contributed by atoms with Gasteiger partial charge in [-0.1, -0.05) is 45.0 Å². The van der Waals surface area contributed by atoms with Crippen molar-refractivity contribution < 1.29 is 9.84 Å². The Bertz CT molecular complexity index is 845. The van der Waals surface area contributed by atoms with E-state index in [1.807, 2.05) is 30.3 Å². The van der Waals surface area contributed by atoms with Crippen LogP contribution in [0.25, 0.3) is 11.0 Å². The molecule has 0 aliphatic carbocycles. The summed E-state index contributed by atoms with van der Waals surface area (Å²) in [6.07, 6.45) is 1.94. The molecule has 3 aromatic rings. The maximum Gasteiger partial charge on any atom is 0.135 e. The molecule has 0 saturated heterocycles. The van der Waals surface area contributed by atoms with Crippen LogP contribution in [-0.2, 0) is 18.6 Å². The molecule has 0 saturated carbocycles. The highest BCUT2D eigenvalue weighted by Crippen LogP contribution is 2.24. The lowest BCUT2D eigenvalue weighted by atomic mass is 9.87. The molecular formula is C22H28N2O2. The second kappa shape index (κ2) is 7.92. The van der Waals surface area contributed by atoms with E-state index in [9.17, 15) is 5.11 Å². The molecule has 3 rings (SSSR count). The smallest absolute Gasteiger partial charge is 0.135 e. The van der Waals surface area contributed by atoms with Crippen LogP contribution in [-0.4, -0.2) is 21.3 Å². The van der Waals surface area contributed by atoms with Crippen molar-refractivity contribution in [3.8, 4) is 5.75 Å². The quantitative estimate of drug-likeness (QED) is 0.628. The first kappa shape index (κ1) is 18.5. The summed E-state index contributed by atoms with van der Waals surface area (Å²) in [7, 11) is 0. The number of unbranched alkanes of at least 4 members (excludes halogenated alkanes) is 1. The number of hydrogen-bond donors (Lipinski definition) is 1. The molecule has 1 N–H and O–H groups in total. The van der Waals surface area contributed by atoms with Crippen LogP contribution in [0.5, 0.6) is 5.75 Å². The molecule has 4 nitrogen and oxygen atoms in total. The monoisotopic (exact) mass is 352 g/mol. The Kier molecular flexibility index (Phi) is 5.62. The summed E-state index contributed by atoms with van der Waals surface area (Å²) < 4.78 is 7.97. The maximum absolute atomic E-state index is 9.54. The number of hydrogen-bond acceptors (Lipinski definition) is 3. The third-order valence-corrected chi connectivity index (χ3v) is 4.64. The van der Waals surface area contributed by atoms with Crippen LogP contribution >= 0.6 is 0 Å². The highest BCUT2D eigenvalue weighted by molar-refractivity contribution is 5.75. The number of benzene rings is 2. The Labute approximate surface area is 155 Å². The van der Waals surface area contributed by atoms with Crippen LogP contribution < -0.4 is 4.74 Å². The fourth-order valence-electron chi connectivity index (χ4n) is 3.11. The van der Waals surface area contributed by atoms with E-state index < -0.39 is 0 Å². The van der Waals surface area contributed by atoms with E-state index in [0.29, 0.717) is 6.61 Å². The van der Waals surface area contributed by atoms with Crippen LogP contribution in [0.1, 0.15) is 45.0 Å². The fourth-order valence-corrected chi connectivity index (χ4v) is 3.11. The van der Waals surface area contributed by atoms with Gasteiger partial charge < -0.3 is 14.4 Å². The Balaban J connectivity index is 1.50. The predicted molar refractivity (Wildman–Crippen MR) is 106 cm³/mol. The lowest BCUT2D eigenvalue weighted by Gasteiger charge is -2.19. The molecule has 0 amide bonds. The number of aliphatic hydroxyl groups is 1. The van der Waals surface area contributed by atoms with Crippen molar-refractivity contribution >= 4 is 11.0 Å². The molecule has 0 atom stereocenters. The third kappa shape index (κ3) is 4.25. The summed E-state index contributed by atoms with van der Waals surface area (Å²) in [5.74, 6) is 1.65. The largest absolute Gasteiger partial charge is 0.494 e. The van der Waals surface area contributed by atoms with E-state index in [-0.39, 0.29) is 12.0 Å². The number of ether oxygens (including phenoxy) is 1. The summed E-state index contributed by atoms with van der Waals surface area (Å²) in [6, 6.07) is 16.4. The van der Waals surface area contributed by atoms with Gasteiger partial charge in [-0.05, 0) is 48.1 Å². The number of aryl methyl sites for hydroxylation is 1. The van der Waals surface area contributed by atoms with E-state index >= 15 is 0 Å². The molecule has 26 heavy (non-hydrogen) atoms. The zero-order chi connectivity index (χ0) is 18.6. The lowest BCUT2D eigenvalue weighted by molar-refractivity contribution is 0.263. The molecule has 0 fully saturated rings. The fraction of sp³-hybridized carbons (Fsp3) is 0.409. The van der Waals surface area contributed by atoms with E-state index in [0.717, 1.165) is 42.0 Å². The lowest BCUT2D eigenvalue weighted by Crippen LogP contribution is -2.10. The van der Waals surface area contributed by atoms with Crippen molar-refractivity contribution in [2.24, 2.45) is 0 Å². The van der Waals surface area contributed by atoms with Gasteiger partial charge >= 0.3 is 0 Å². The molecule has 1 heterocycles. The van der Waals surface area contributed by atoms with Crippen molar-refractivity contribution in [2.45, 2.75) is 52.2 Å². The minimum atomic E-state index is -0.0364. The van der Waals surface area contributed by atoms with Gasteiger partial charge in [-0.3, -0.25) is 0 Å². The molecule has 1 aromatic heterocycles. The summed E-state index contributed by atoms with van der Waals surface area (Å²) in [6.45, 7) is 8.12. The highest BCUT2D eigenvalue weighted by atomic mass is 16.5. The Morgan fingerprint density at radius 3 is 2.42 bits per heavy atom. The van der Waals surface area contributed by atoms with Crippen LogP contribution in [0.15, 0.2) is 48.5 Å². The van der Waals surface area contributed by atoms with Gasteiger partial charge in [0, 0.05) is 6.54 Å². The van der Waals surface area contributed by atoms with Gasteiger partial charge in [-0.2, -0.15) is 0 Å². The number of rotatable bonds is 7. The molecular weight excluding hydrogens is 324 g/mol. The first-order valence-corrected chi connectivity index (χ1v) is 9.27. The van der Waals surface area contributed by atoms with Crippen LogP contribution in [0.3, 0.4) is 0 Å². The highest BCUT2D eigenvalue weighted by Gasteiger charge is 2.13. The third-order valence-electron chi connectivity index (χ3n) is 4.64. The minimum Gasteiger partial charge on any atom is -0.494 e. The van der Waals surface area contributed by atoms with Crippen molar-refractivity contribution in [2.75, 3.05) is 6.61 Å². The number of aromatic nitrogens is 2. The van der Waals surface area contributed by atoms with E-state index in [1.165, 1.54) is 5.56 Å². The number of imidazole rings is 1. The van der Waals surface area contributed by atoms with Crippen LogP contribution in [0.2, 0.25) is 0 Å². The maximum atomic E-state index is 9.54. The average molecular weight is 352 g/mol.